The normalized spacial score (nSPS) is 40.7. The highest BCUT2D eigenvalue weighted by Crippen LogP contribution is 2.65. The number of allylic oxidation sites excluding steroid dienone is 3. The molecule has 0 bridgehead atoms. The van der Waals surface area contributed by atoms with Crippen molar-refractivity contribution in [2.75, 3.05) is 32.8 Å². The molecule has 0 N–H and O–H groups in total. The molecule has 3 fully saturated rings. The molecule has 0 spiro atoms. The van der Waals surface area contributed by atoms with E-state index >= 15 is 0 Å². The molecule has 33 heavy (non-hydrogen) atoms. The Labute approximate surface area is 198 Å². The summed E-state index contributed by atoms with van der Waals surface area (Å²) in [6.45, 7) is 10.7. The predicted molar refractivity (Wildman–Crippen MR) is 128 cm³/mol. The fourth-order valence-electron chi connectivity index (χ4n) is 8.16. The van der Waals surface area contributed by atoms with Gasteiger partial charge in [0.25, 0.3) is 0 Å². The second-order valence-corrected chi connectivity index (χ2v) is 11.7. The van der Waals surface area contributed by atoms with E-state index in [1.165, 1.54) is 12.0 Å². The van der Waals surface area contributed by atoms with Crippen molar-refractivity contribution < 1.29 is 19.1 Å². The van der Waals surface area contributed by atoms with Crippen molar-refractivity contribution >= 4 is 11.8 Å². The third-order valence-electron chi connectivity index (χ3n) is 10.1. The summed E-state index contributed by atoms with van der Waals surface area (Å²) in [7, 11) is 0. The average Bonchev–Trinajstić information content (AvgIpc) is 3.16. The molecular weight excluding hydrogens is 414 g/mol. The van der Waals surface area contributed by atoms with Gasteiger partial charge in [-0.3, -0.25) is 14.5 Å². The number of Topliss-reactive ketones (excluding diaryl/α,β-unsaturated/α-hetero) is 1. The molecule has 5 rings (SSSR count). The summed E-state index contributed by atoms with van der Waals surface area (Å²) >= 11 is 0. The molecular formula is C28H41NO4. The molecule has 0 unspecified atom stereocenters. The first-order chi connectivity index (χ1) is 15.8. The summed E-state index contributed by atoms with van der Waals surface area (Å²) in [6, 6.07) is 0. The quantitative estimate of drug-likeness (QED) is 0.444. The van der Waals surface area contributed by atoms with E-state index in [-0.39, 0.29) is 28.7 Å². The maximum atomic E-state index is 12.5. The van der Waals surface area contributed by atoms with Crippen LogP contribution in [0.1, 0.15) is 72.1 Å². The average molecular weight is 456 g/mol. The van der Waals surface area contributed by atoms with Gasteiger partial charge in [-0.2, -0.15) is 0 Å². The number of fused-ring (bicyclic) bond motifs is 5. The molecule has 1 aliphatic heterocycles. The van der Waals surface area contributed by atoms with Crippen LogP contribution in [0.3, 0.4) is 0 Å². The molecule has 0 aromatic carbocycles. The van der Waals surface area contributed by atoms with Crippen LogP contribution < -0.4 is 0 Å². The number of ether oxygens (including phenoxy) is 2. The van der Waals surface area contributed by atoms with Crippen LogP contribution in [0, 0.1) is 28.6 Å². The Morgan fingerprint density at radius 2 is 1.82 bits per heavy atom. The van der Waals surface area contributed by atoms with Crippen LogP contribution in [-0.4, -0.2) is 55.6 Å². The zero-order valence-electron chi connectivity index (χ0n) is 20.7. The van der Waals surface area contributed by atoms with Gasteiger partial charge in [-0.15, -0.1) is 0 Å². The highest BCUT2D eigenvalue weighted by molar-refractivity contribution is 5.95. The molecule has 5 aliphatic rings. The predicted octanol–water partition coefficient (Wildman–Crippen LogP) is 4.71. The number of ketones is 1. The van der Waals surface area contributed by atoms with Crippen molar-refractivity contribution in [1.29, 1.82) is 0 Å². The lowest BCUT2D eigenvalue weighted by Crippen LogP contribution is -2.50. The minimum Gasteiger partial charge on any atom is -0.462 e. The third kappa shape index (κ3) is 4.14. The second kappa shape index (κ2) is 8.96. The van der Waals surface area contributed by atoms with Crippen molar-refractivity contribution in [3.05, 3.63) is 23.3 Å². The smallest absolute Gasteiger partial charge is 0.307 e. The van der Waals surface area contributed by atoms with E-state index in [9.17, 15) is 9.59 Å². The second-order valence-electron chi connectivity index (χ2n) is 11.7. The maximum Gasteiger partial charge on any atom is 0.307 e. The van der Waals surface area contributed by atoms with Gasteiger partial charge in [-0.25, -0.2) is 0 Å². The highest BCUT2D eigenvalue weighted by atomic mass is 16.5. The molecule has 182 valence electrons. The van der Waals surface area contributed by atoms with Crippen LogP contribution in [0.15, 0.2) is 23.3 Å². The van der Waals surface area contributed by atoms with E-state index in [0.29, 0.717) is 24.2 Å². The van der Waals surface area contributed by atoms with E-state index in [2.05, 4.69) is 30.9 Å². The molecule has 0 radical (unpaired) electrons. The molecule has 5 heteroatoms. The number of morpholine rings is 1. The van der Waals surface area contributed by atoms with Crippen molar-refractivity contribution in [3.8, 4) is 0 Å². The number of rotatable bonds is 5. The number of esters is 1. The Hall–Kier alpha value is -1.46. The van der Waals surface area contributed by atoms with Crippen LogP contribution in [0.4, 0.5) is 0 Å². The molecule has 4 aliphatic carbocycles. The first kappa shape index (κ1) is 23.3. The van der Waals surface area contributed by atoms with Gasteiger partial charge in [-0.1, -0.05) is 31.6 Å². The Bertz CT molecular complexity index is 856. The number of hydrogen-bond donors (Lipinski definition) is 0. The molecule has 0 aromatic heterocycles. The summed E-state index contributed by atoms with van der Waals surface area (Å²) in [5.41, 5.74) is 2.92. The van der Waals surface area contributed by atoms with Gasteiger partial charge in [0.15, 0.2) is 5.78 Å². The van der Waals surface area contributed by atoms with Gasteiger partial charge >= 0.3 is 5.97 Å². The minimum absolute atomic E-state index is 0.0318. The fourth-order valence-corrected chi connectivity index (χ4v) is 8.16. The number of hydrogen-bond acceptors (Lipinski definition) is 5. The van der Waals surface area contributed by atoms with Crippen molar-refractivity contribution in [3.63, 3.8) is 0 Å². The van der Waals surface area contributed by atoms with Crippen LogP contribution in [0.5, 0.6) is 0 Å². The van der Waals surface area contributed by atoms with Crippen LogP contribution in [0.2, 0.25) is 0 Å². The lowest BCUT2D eigenvalue weighted by atomic mass is 9.47. The summed E-state index contributed by atoms with van der Waals surface area (Å²) in [4.78, 5) is 27.1. The lowest BCUT2D eigenvalue weighted by molar-refractivity contribution is -0.152. The largest absolute Gasteiger partial charge is 0.462 e. The first-order valence-corrected chi connectivity index (χ1v) is 13.2. The SMILES string of the molecule is CC(=O)C1=CC[C@@H]2[C@@H]3CC=C4C[C@H](OC(=O)CCN5CCOCC5)CC[C@]4(C)[C@@H]3CC[C@]12C. The van der Waals surface area contributed by atoms with Crippen LogP contribution >= 0.6 is 0 Å². The van der Waals surface area contributed by atoms with Gasteiger partial charge in [-0.05, 0) is 79.6 Å². The molecule has 0 aromatic rings. The standard InChI is InChI=1S/C28H41NO4/c1-19(30)23-6-7-24-22-5-4-20-18-21(33-26(31)10-13-29-14-16-32-17-15-29)8-11-27(20,2)25(22)9-12-28(23,24)3/h4,6,21-22,24-25H,5,7-18H2,1-3H3/t21-,22+,24-,25-,27+,28-/m1/s1. The monoisotopic (exact) mass is 455 g/mol. The van der Waals surface area contributed by atoms with Gasteiger partial charge in [0.05, 0.1) is 19.6 Å². The van der Waals surface area contributed by atoms with Crippen molar-refractivity contribution in [1.82, 2.24) is 4.90 Å². The van der Waals surface area contributed by atoms with Crippen LogP contribution in [0.25, 0.3) is 0 Å². The van der Waals surface area contributed by atoms with E-state index in [1.807, 2.05) is 0 Å². The Kier molecular flexibility index (Phi) is 6.32. The topological polar surface area (TPSA) is 55.8 Å². The van der Waals surface area contributed by atoms with Crippen LogP contribution in [-0.2, 0) is 19.1 Å². The number of nitrogens with zero attached hydrogens (tertiary/aromatic N) is 1. The number of carbonyl (C=O) groups excluding carboxylic acids is 2. The first-order valence-electron chi connectivity index (χ1n) is 13.2. The number of carbonyl (C=O) groups is 2. The van der Waals surface area contributed by atoms with Gasteiger partial charge in [0, 0.05) is 26.1 Å². The third-order valence-corrected chi connectivity index (χ3v) is 10.1. The molecule has 6 atom stereocenters. The zero-order valence-corrected chi connectivity index (χ0v) is 20.7. The van der Waals surface area contributed by atoms with Gasteiger partial charge in [0.1, 0.15) is 6.10 Å². The lowest BCUT2D eigenvalue weighted by Gasteiger charge is -2.57. The minimum atomic E-state index is -0.0494. The van der Waals surface area contributed by atoms with E-state index in [1.54, 1.807) is 6.92 Å². The van der Waals surface area contributed by atoms with E-state index in [4.69, 9.17) is 9.47 Å². The van der Waals surface area contributed by atoms with Gasteiger partial charge < -0.3 is 9.47 Å². The molecule has 1 heterocycles. The summed E-state index contributed by atoms with van der Waals surface area (Å²) in [5, 5.41) is 0. The highest BCUT2D eigenvalue weighted by Gasteiger charge is 2.57. The van der Waals surface area contributed by atoms with Gasteiger partial charge in [0.2, 0.25) is 0 Å². The summed E-state index contributed by atoms with van der Waals surface area (Å²) < 4.78 is 11.3. The van der Waals surface area contributed by atoms with E-state index in [0.717, 1.165) is 76.9 Å². The zero-order chi connectivity index (χ0) is 23.2. The molecule has 5 nitrogen and oxygen atoms in total. The maximum absolute atomic E-state index is 12.5. The Morgan fingerprint density at radius 3 is 2.58 bits per heavy atom. The van der Waals surface area contributed by atoms with Crippen molar-refractivity contribution in [2.24, 2.45) is 28.6 Å². The Balaban J connectivity index is 1.21. The summed E-state index contributed by atoms with van der Waals surface area (Å²) in [5.74, 6) is 2.17. The molecule has 0 amide bonds. The fraction of sp³-hybridized carbons (Fsp3) is 0.786. The van der Waals surface area contributed by atoms with E-state index < -0.39 is 0 Å². The molecule has 1 saturated heterocycles. The van der Waals surface area contributed by atoms with Crippen molar-refractivity contribution in [2.45, 2.75) is 78.2 Å². The summed E-state index contributed by atoms with van der Waals surface area (Å²) in [6.07, 6.45) is 12.8. The Morgan fingerprint density at radius 1 is 1.06 bits per heavy atom. The molecule has 2 saturated carbocycles.